The van der Waals surface area contributed by atoms with E-state index < -0.39 is 0 Å². The average Bonchev–Trinajstić information content (AvgIpc) is 2.76. The molecule has 0 saturated carbocycles. The molecule has 3 aromatic rings. The lowest BCUT2D eigenvalue weighted by Gasteiger charge is -2.44. The van der Waals surface area contributed by atoms with E-state index in [1.807, 2.05) is 24.3 Å². The highest BCUT2D eigenvalue weighted by atomic mass is 16.5. The van der Waals surface area contributed by atoms with Crippen molar-refractivity contribution in [2.24, 2.45) is 0 Å². The van der Waals surface area contributed by atoms with Crippen LogP contribution < -0.4 is 18.9 Å². The zero-order valence-electron chi connectivity index (χ0n) is 16.4. The zero-order chi connectivity index (χ0) is 19.4. The molecule has 3 aliphatic carbocycles. The van der Waals surface area contributed by atoms with Crippen molar-refractivity contribution in [1.29, 1.82) is 0 Å². The van der Waals surface area contributed by atoms with Crippen LogP contribution in [0.5, 0.6) is 23.0 Å². The Morgan fingerprint density at radius 1 is 0.464 bits per heavy atom. The summed E-state index contributed by atoms with van der Waals surface area (Å²) in [5, 5.41) is 0. The smallest absolute Gasteiger partial charge is 0.123 e. The summed E-state index contributed by atoms with van der Waals surface area (Å²) in [6.45, 7) is 0. The number of hydrogen-bond donors (Lipinski definition) is 0. The number of methoxy groups -OCH3 is 4. The van der Waals surface area contributed by atoms with Gasteiger partial charge in [-0.3, -0.25) is 0 Å². The fraction of sp³-hybridized carbons (Fsp3) is 0.250. The molecule has 3 aliphatic rings. The molecule has 4 nitrogen and oxygen atoms in total. The number of rotatable bonds is 4. The summed E-state index contributed by atoms with van der Waals surface area (Å²) in [5.41, 5.74) is 7.19. The van der Waals surface area contributed by atoms with Crippen LogP contribution in [-0.2, 0) is 0 Å². The predicted octanol–water partition coefficient (Wildman–Crippen LogP) is 4.71. The molecule has 28 heavy (non-hydrogen) atoms. The van der Waals surface area contributed by atoms with Crippen molar-refractivity contribution in [3.8, 4) is 23.0 Å². The molecule has 0 amide bonds. The molecule has 4 heteroatoms. The van der Waals surface area contributed by atoms with Crippen molar-refractivity contribution in [1.82, 2.24) is 0 Å². The Morgan fingerprint density at radius 2 is 0.857 bits per heavy atom. The summed E-state index contributed by atoms with van der Waals surface area (Å²) >= 11 is 0. The van der Waals surface area contributed by atoms with Crippen molar-refractivity contribution in [3.63, 3.8) is 0 Å². The van der Waals surface area contributed by atoms with Crippen LogP contribution in [0.15, 0.2) is 48.5 Å². The van der Waals surface area contributed by atoms with Crippen LogP contribution in [0, 0.1) is 0 Å². The zero-order valence-corrected chi connectivity index (χ0v) is 16.4. The largest absolute Gasteiger partial charge is 0.496 e. The molecule has 0 N–H and O–H groups in total. The van der Waals surface area contributed by atoms with Crippen LogP contribution in [-0.4, -0.2) is 28.4 Å². The van der Waals surface area contributed by atoms with Crippen LogP contribution in [0.1, 0.15) is 45.2 Å². The van der Waals surface area contributed by atoms with Crippen molar-refractivity contribution >= 4 is 0 Å². The van der Waals surface area contributed by atoms with Crippen LogP contribution in [0.2, 0.25) is 0 Å². The summed E-state index contributed by atoms with van der Waals surface area (Å²) in [7, 11) is 6.90. The van der Waals surface area contributed by atoms with Crippen LogP contribution in [0.25, 0.3) is 0 Å². The molecule has 142 valence electrons. The van der Waals surface area contributed by atoms with E-state index in [1.165, 1.54) is 27.8 Å². The SMILES string of the molecule is COc1cccc2c1C1c3c(OC)cccc3C2c2c(OC)ccc(OC)c21. The quantitative estimate of drug-likeness (QED) is 0.457. The lowest BCUT2D eigenvalue weighted by atomic mass is 9.60. The third-order valence-electron chi connectivity index (χ3n) is 6.06. The highest BCUT2D eigenvalue weighted by Gasteiger charge is 2.47. The minimum Gasteiger partial charge on any atom is -0.496 e. The van der Waals surface area contributed by atoms with E-state index in [0.717, 1.165) is 28.6 Å². The van der Waals surface area contributed by atoms with Gasteiger partial charge in [-0.15, -0.1) is 0 Å². The van der Waals surface area contributed by atoms with Crippen molar-refractivity contribution in [2.45, 2.75) is 11.8 Å². The number of ether oxygens (including phenoxy) is 4. The molecule has 0 unspecified atom stereocenters. The fourth-order valence-corrected chi connectivity index (χ4v) is 5.06. The summed E-state index contributed by atoms with van der Waals surface area (Å²) in [4.78, 5) is 0. The standard InChI is InChI=1S/C24H22O4/c1-25-15-9-5-7-13-19-14-8-6-10-16(26-2)21(14)24(20(13)15)23-18(28-4)12-11-17(27-3)22(19)23/h5-12,19,24H,1-4H3. The van der Waals surface area contributed by atoms with E-state index in [2.05, 4.69) is 24.3 Å². The van der Waals surface area contributed by atoms with E-state index in [4.69, 9.17) is 18.9 Å². The maximum atomic E-state index is 5.80. The van der Waals surface area contributed by atoms with Gasteiger partial charge < -0.3 is 18.9 Å². The van der Waals surface area contributed by atoms with Gasteiger partial charge in [0, 0.05) is 34.1 Å². The van der Waals surface area contributed by atoms with E-state index in [9.17, 15) is 0 Å². The Hall–Kier alpha value is -3.14. The van der Waals surface area contributed by atoms with Gasteiger partial charge in [-0.2, -0.15) is 0 Å². The Kier molecular flexibility index (Phi) is 3.76. The van der Waals surface area contributed by atoms with Crippen molar-refractivity contribution in [3.05, 3.63) is 81.9 Å². The number of hydrogen-bond acceptors (Lipinski definition) is 4. The maximum absolute atomic E-state index is 5.80. The molecular weight excluding hydrogens is 352 g/mol. The predicted molar refractivity (Wildman–Crippen MR) is 107 cm³/mol. The molecule has 0 radical (unpaired) electrons. The summed E-state index contributed by atoms with van der Waals surface area (Å²) in [5.74, 6) is 3.52. The molecule has 0 heterocycles. The Balaban J connectivity index is 1.95. The normalized spacial score (nSPS) is 18.0. The Bertz CT molecular complexity index is 1030. The Labute approximate surface area is 164 Å². The van der Waals surface area contributed by atoms with Gasteiger partial charge in [-0.25, -0.2) is 0 Å². The molecule has 0 saturated heterocycles. The first-order valence-corrected chi connectivity index (χ1v) is 9.33. The first-order chi connectivity index (χ1) is 13.7. The summed E-state index contributed by atoms with van der Waals surface area (Å²) in [6, 6.07) is 16.6. The van der Waals surface area contributed by atoms with Crippen molar-refractivity contribution in [2.75, 3.05) is 28.4 Å². The second kappa shape index (κ2) is 6.20. The van der Waals surface area contributed by atoms with Gasteiger partial charge in [0.15, 0.2) is 0 Å². The lowest BCUT2D eigenvalue weighted by molar-refractivity contribution is 0.379. The molecule has 0 fully saturated rings. The van der Waals surface area contributed by atoms with E-state index in [1.54, 1.807) is 28.4 Å². The second-order valence-corrected chi connectivity index (χ2v) is 7.09. The molecular formula is C24H22O4. The molecule has 0 aliphatic heterocycles. The fourth-order valence-electron chi connectivity index (χ4n) is 5.06. The van der Waals surface area contributed by atoms with E-state index in [0.29, 0.717) is 0 Å². The van der Waals surface area contributed by atoms with E-state index >= 15 is 0 Å². The van der Waals surface area contributed by atoms with Gasteiger partial charge in [0.1, 0.15) is 23.0 Å². The van der Waals surface area contributed by atoms with Gasteiger partial charge in [0.2, 0.25) is 0 Å². The Morgan fingerprint density at radius 3 is 1.29 bits per heavy atom. The van der Waals surface area contributed by atoms with Gasteiger partial charge in [-0.05, 0) is 35.4 Å². The minimum atomic E-state index is -0.0395. The van der Waals surface area contributed by atoms with Gasteiger partial charge in [0.05, 0.1) is 28.4 Å². The molecule has 6 rings (SSSR count). The summed E-state index contributed by atoms with van der Waals surface area (Å²) < 4.78 is 23.2. The van der Waals surface area contributed by atoms with Gasteiger partial charge in [0.25, 0.3) is 0 Å². The molecule has 2 bridgehead atoms. The van der Waals surface area contributed by atoms with E-state index in [-0.39, 0.29) is 11.8 Å². The van der Waals surface area contributed by atoms with Crippen LogP contribution in [0.4, 0.5) is 0 Å². The monoisotopic (exact) mass is 374 g/mol. The first-order valence-electron chi connectivity index (χ1n) is 9.33. The molecule has 0 spiro atoms. The summed E-state index contributed by atoms with van der Waals surface area (Å²) in [6.07, 6.45) is 0. The van der Waals surface area contributed by atoms with Crippen LogP contribution >= 0.6 is 0 Å². The third-order valence-corrected chi connectivity index (χ3v) is 6.06. The van der Waals surface area contributed by atoms with Gasteiger partial charge >= 0.3 is 0 Å². The van der Waals surface area contributed by atoms with Crippen LogP contribution in [0.3, 0.4) is 0 Å². The average molecular weight is 374 g/mol. The lowest BCUT2D eigenvalue weighted by Crippen LogP contribution is -2.29. The first kappa shape index (κ1) is 17.0. The maximum Gasteiger partial charge on any atom is 0.123 e. The number of benzene rings is 3. The topological polar surface area (TPSA) is 36.9 Å². The highest BCUT2D eigenvalue weighted by molar-refractivity contribution is 5.76. The third kappa shape index (κ3) is 2.00. The minimum absolute atomic E-state index is 0.0395. The van der Waals surface area contributed by atoms with Crippen molar-refractivity contribution < 1.29 is 18.9 Å². The van der Waals surface area contributed by atoms with Gasteiger partial charge in [-0.1, -0.05) is 24.3 Å². The molecule has 0 atom stereocenters. The molecule has 0 aromatic heterocycles. The molecule has 3 aromatic carbocycles. The highest BCUT2D eigenvalue weighted by Crippen LogP contribution is 2.63. The second-order valence-electron chi connectivity index (χ2n) is 7.09.